The molecule has 4 heteroatoms. The number of imidazole rings is 1. The Hall–Kier alpha value is -3.52. The Balaban J connectivity index is 1.46. The summed E-state index contributed by atoms with van der Waals surface area (Å²) in [5.74, 6) is 1.08. The van der Waals surface area contributed by atoms with E-state index in [0.29, 0.717) is 0 Å². The van der Waals surface area contributed by atoms with Crippen molar-refractivity contribution in [1.29, 1.82) is 0 Å². The van der Waals surface area contributed by atoms with Gasteiger partial charge in [0.25, 0.3) is 0 Å². The van der Waals surface area contributed by atoms with Crippen LogP contribution in [-0.4, -0.2) is 23.0 Å². The summed E-state index contributed by atoms with van der Waals surface area (Å²) in [5.41, 5.74) is 20.7. The van der Waals surface area contributed by atoms with E-state index >= 15 is 0 Å². The maximum atomic E-state index is 5.22. The van der Waals surface area contributed by atoms with E-state index in [2.05, 4.69) is 121 Å². The number of benzene rings is 4. The number of aryl methyl sites for hydroxylation is 3. The molecule has 0 unspecified atom stereocenters. The summed E-state index contributed by atoms with van der Waals surface area (Å²) in [6.07, 6.45) is 5.22. The van der Waals surface area contributed by atoms with Gasteiger partial charge in [-0.3, -0.25) is 4.57 Å². The SMILES string of the molecule is Cc1cccc(C)c1B1c2cc3c(cc2B2c4c1cccc4-n1c(C)nc4cc(C(C)(C)C)cc2c41)C1(C)CCC3(C)CC1. The second-order valence-electron chi connectivity index (χ2n) is 16.3. The molecule has 0 saturated heterocycles. The Morgan fingerprint density at radius 1 is 0.682 bits per heavy atom. The number of hydrogen-bond donors (Lipinski definition) is 0. The van der Waals surface area contributed by atoms with Crippen LogP contribution in [0.3, 0.4) is 0 Å². The molecule has 2 aliphatic heterocycles. The third-order valence-electron chi connectivity index (χ3n) is 12.5. The molecule has 4 aromatic carbocycles. The van der Waals surface area contributed by atoms with E-state index in [9.17, 15) is 0 Å². The van der Waals surface area contributed by atoms with Crippen LogP contribution < -0.4 is 32.8 Å². The highest BCUT2D eigenvalue weighted by Crippen LogP contribution is 2.55. The number of nitrogens with zero attached hydrogens (tertiary/aromatic N) is 2. The molecule has 2 bridgehead atoms. The molecule has 10 rings (SSSR count). The lowest BCUT2D eigenvalue weighted by Crippen LogP contribution is -2.77. The third-order valence-corrected chi connectivity index (χ3v) is 12.5. The van der Waals surface area contributed by atoms with E-state index in [1.54, 1.807) is 11.1 Å². The Morgan fingerprint density at radius 3 is 1.84 bits per heavy atom. The molecule has 2 nitrogen and oxygen atoms in total. The lowest BCUT2D eigenvalue weighted by atomic mass is 9.19. The van der Waals surface area contributed by atoms with E-state index in [1.807, 2.05) is 0 Å². The summed E-state index contributed by atoms with van der Waals surface area (Å²) in [6.45, 7) is 19.4. The first kappa shape index (κ1) is 26.8. The molecule has 0 amide bonds. The fraction of sp³-hybridized carbons (Fsp3) is 0.375. The molecular formula is C40H42B2N2. The van der Waals surface area contributed by atoms with Crippen molar-refractivity contribution in [2.75, 3.05) is 0 Å². The zero-order chi connectivity index (χ0) is 30.5. The fourth-order valence-electron chi connectivity index (χ4n) is 9.90. The van der Waals surface area contributed by atoms with Crippen LogP contribution in [0.2, 0.25) is 0 Å². The minimum Gasteiger partial charge on any atom is -0.298 e. The average Bonchev–Trinajstić information content (AvgIpc) is 3.32. The molecule has 0 N–H and O–H groups in total. The summed E-state index contributed by atoms with van der Waals surface area (Å²) in [7, 11) is 0. The van der Waals surface area contributed by atoms with Gasteiger partial charge in [-0.2, -0.15) is 0 Å². The summed E-state index contributed by atoms with van der Waals surface area (Å²) in [5, 5.41) is 0. The molecule has 1 fully saturated rings. The smallest absolute Gasteiger partial charge is 0.245 e. The van der Waals surface area contributed by atoms with Crippen LogP contribution in [-0.2, 0) is 16.2 Å². The van der Waals surface area contributed by atoms with Crippen molar-refractivity contribution in [3.8, 4) is 5.69 Å². The minimum atomic E-state index is 0.0392. The van der Waals surface area contributed by atoms with E-state index in [0.717, 1.165) is 11.3 Å². The van der Waals surface area contributed by atoms with Crippen LogP contribution in [0.5, 0.6) is 0 Å². The Labute approximate surface area is 263 Å². The highest BCUT2D eigenvalue weighted by Gasteiger charge is 2.51. The van der Waals surface area contributed by atoms with Gasteiger partial charge in [-0.25, -0.2) is 4.98 Å². The lowest BCUT2D eigenvalue weighted by molar-refractivity contribution is 0.188. The van der Waals surface area contributed by atoms with Crippen molar-refractivity contribution in [2.24, 2.45) is 0 Å². The van der Waals surface area contributed by atoms with Gasteiger partial charge in [-0.15, -0.1) is 0 Å². The Kier molecular flexibility index (Phi) is 5.12. The number of rotatable bonds is 1. The maximum absolute atomic E-state index is 5.22. The summed E-state index contributed by atoms with van der Waals surface area (Å²) >= 11 is 0. The van der Waals surface area contributed by atoms with Crippen molar-refractivity contribution >= 4 is 57.2 Å². The second kappa shape index (κ2) is 8.39. The monoisotopic (exact) mass is 572 g/mol. The maximum Gasteiger partial charge on any atom is 0.245 e. The van der Waals surface area contributed by atoms with Crippen LogP contribution in [0.1, 0.15) is 93.9 Å². The number of fused-ring (bicyclic) bond motifs is 6. The molecule has 5 aliphatic rings. The lowest BCUT2D eigenvalue weighted by Gasteiger charge is -2.53. The van der Waals surface area contributed by atoms with Gasteiger partial charge in [-0.1, -0.05) is 116 Å². The average molecular weight is 572 g/mol. The molecule has 1 aromatic heterocycles. The Morgan fingerprint density at radius 2 is 1.25 bits per heavy atom. The highest BCUT2D eigenvalue weighted by molar-refractivity contribution is 7.12. The molecule has 3 heterocycles. The van der Waals surface area contributed by atoms with Crippen molar-refractivity contribution < 1.29 is 0 Å². The van der Waals surface area contributed by atoms with Crippen LogP contribution >= 0.6 is 0 Å². The topological polar surface area (TPSA) is 17.8 Å². The quantitative estimate of drug-likeness (QED) is 0.253. The van der Waals surface area contributed by atoms with Crippen molar-refractivity contribution in [3.63, 3.8) is 0 Å². The van der Waals surface area contributed by atoms with Crippen molar-refractivity contribution in [3.05, 3.63) is 94.3 Å². The molecule has 0 atom stereocenters. The van der Waals surface area contributed by atoms with E-state index in [1.165, 1.54) is 86.4 Å². The summed E-state index contributed by atoms with van der Waals surface area (Å²) in [6, 6.07) is 24.3. The van der Waals surface area contributed by atoms with Gasteiger partial charge in [0.05, 0.1) is 11.0 Å². The van der Waals surface area contributed by atoms with Gasteiger partial charge in [0.2, 0.25) is 13.4 Å². The number of aromatic nitrogens is 2. The van der Waals surface area contributed by atoms with E-state index in [-0.39, 0.29) is 29.7 Å². The molecule has 218 valence electrons. The standard InChI is InChI=1S/C40H42B2N2/c1-23-11-9-12-24(2)35(23)41-29-13-10-14-34-36(29)42(32-19-26(38(4,5)6)20-33-37(32)44(34)25(3)43-33)31-22-28-27(21-30(31)41)39(7)15-17-40(28,8)18-16-39/h9-14,19-22H,15-18H2,1-8H3. The van der Waals surface area contributed by atoms with Gasteiger partial charge in [0, 0.05) is 5.69 Å². The zero-order valence-corrected chi connectivity index (χ0v) is 27.7. The molecular weight excluding hydrogens is 530 g/mol. The first-order valence-corrected chi connectivity index (χ1v) is 16.8. The van der Waals surface area contributed by atoms with Gasteiger partial charge in [0.1, 0.15) is 5.82 Å². The zero-order valence-electron chi connectivity index (χ0n) is 27.7. The molecule has 5 aromatic rings. The van der Waals surface area contributed by atoms with E-state index < -0.39 is 0 Å². The van der Waals surface area contributed by atoms with Crippen LogP contribution in [0.4, 0.5) is 0 Å². The van der Waals surface area contributed by atoms with E-state index in [4.69, 9.17) is 4.98 Å². The van der Waals surface area contributed by atoms with Crippen LogP contribution in [0.25, 0.3) is 16.7 Å². The minimum absolute atomic E-state index is 0.0392. The predicted octanol–water partition coefficient (Wildman–Crippen LogP) is 5.01. The first-order valence-electron chi connectivity index (χ1n) is 16.8. The predicted molar refractivity (Wildman–Crippen MR) is 189 cm³/mol. The molecule has 44 heavy (non-hydrogen) atoms. The van der Waals surface area contributed by atoms with Gasteiger partial charge < -0.3 is 0 Å². The van der Waals surface area contributed by atoms with Gasteiger partial charge >= 0.3 is 0 Å². The van der Waals surface area contributed by atoms with Crippen LogP contribution in [0, 0.1) is 20.8 Å². The van der Waals surface area contributed by atoms with Crippen LogP contribution in [0.15, 0.2) is 60.7 Å². The second-order valence-corrected chi connectivity index (χ2v) is 16.3. The third kappa shape index (κ3) is 3.27. The first-order chi connectivity index (χ1) is 20.9. The van der Waals surface area contributed by atoms with Gasteiger partial charge in [0.15, 0.2) is 0 Å². The summed E-state index contributed by atoms with van der Waals surface area (Å²) in [4.78, 5) is 5.22. The molecule has 1 saturated carbocycles. The van der Waals surface area contributed by atoms with Gasteiger partial charge in [-0.05, 0) is 102 Å². The normalized spacial score (nSPS) is 22.7. The highest BCUT2D eigenvalue weighted by atomic mass is 15.1. The van der Waals surface area contributed by atoms with Crippen molar-refractivity contribution in [1.82, 2.24) is 9.55 Å². The molecule has 0 radical (unpaired) electrons. The van der Waals surface area contributed by atoms with Crippen molar-refractivity contribution in [2.45, 2.75) is 97.3 Å². The Bertz CT molecular complexity index is 2060. The number of hydrogen-bond acceptors (Lipinski definition) is 1. The largest absolute Gasteiger partial charge is 0.298 e. The summed E-state index contributed by atoms with van der Waals surface area (Å²) < 4.78 is 2.47. The fourth-order valence-corrected chi connectivity index (χ4v) is 9.90. The molecule has 3 aliphatic carbocycles. The molecule has 0 spiro atoms.